The molecular weight excluding hydrogens is 278 g/mol. The van der Waals surface area contributed by atoms with Crippen LogP contribution in [0.3, 0.4) is 0 Å². The molecule has 116 valence electrons. The number of rotatable bonds is 4. The Hall–Kier alpha value is -2.10. The van der Waals surface area contributed by atoms with Gasteiger partial charge in [0.15, 0.2) is 0 Å². The molecular formula is C18H21NO3. The molecule has 0 heterocycles. The van der Waals surface area contributed by atoms with E-state index in [0.717, 1.165) is 12.0 Å². The van der Waals surface area contributed by atoms with E-state index < -0.39 is 0 Å². The average Bonchev–Trinajstić information content (AvgIpc) is 3.15. The molecule has 1 amide bonds. The summed E-state index contributed by atoms with van der Waals surface area (Å²) in [5.74, 6) is -0.693. The first kappa shape index (κ1) is 14.8. The standard InChI is InChI=1S/C18H21NO3/c1-11(12-6-4-3-5-7-12)19-17(20)15-13-8-9-14(10-13)16(15)18(21)22-2/h3-9,11,13-16H,10H2,1-2H3,(H,19,20)/t11-,13?,14?,15-,16-/m0/s1. The zero-order chi connectivity index (χ0) is 15.7. The van der Waals surface area contributed by atoms with E-state index in [1.807, 2.05) is 37.3 Å². The highest BCUT2D eigenvalue weighted by Crippen LogP contribution is 2.48. The molecule has 0 spiro atoms. The predicted molar refractivity (Wildman–Crippen MR) is 82.7 cm³/mol. The highest BCUT2D eigenvalue weighted by atomic mass is 16.5. The van der Waals surface area contributed by atoms with Crippen LogP contribution in [0.1, 0.15) is 24.9 Å². The maximum atomic E-state index is 12.7. The Morgan fingerprint density at radius 1 is 1.14 bits per heavy atom. The van der Waals surface area contributed by atoms with E-state index in [2.05, 4.69) is 17.5 Å². The Bertz CT molecular complexity index is 596. The summed E-state index contributed by atoms with van der Waals surface area (Å²) in [6.07, 6.45) is 5.00. The lowest BCUT2D eigenvalue weighted by Gasteiger charge is -2.26. The monoisotopic (exact) mass is 299 g/mol. The zero-order valence-corrected chi connectivity index (χ0v) is 12.9. The van der Waals surface area contributed by atoms with Gasteiger partial charge in [-0.2, -0.15) is 0 Å². The van der Waals surface area contributed by atoms with E-state index in [4.69, 9.17) is 4.74 Å². The molecule has 4 heteroatoms. The summed E-state index contributed by atoms with van der Waals surface area (Å²) >= 11 is 0. The molecule has 1 fully saturated rings. The molecule has 0 radical (unpaired) electrons. The summed E-state index contributed by atoms with van der Waals surface area (Å²) in [6, 6.07) is 9.76. The molecule has 0 aliphatic heterocycles. The molecule has 0 saturated heterocycles. The number of carbonyl (C=O) groups excluding carboxylic acids is 2. The van der Waals surface area contributed by atoms with Crippen molar-refractivity contribution in [2.45, 2.75) is 19.4 Å². The molecule has 2 bridgehead atoms. The Balaban J connectivity index is 1.74. The van der Waals surface area contributed by atoms with Gasteiger partial charge in [0, 0.05) is 0 Å². The van der Waals surface area contributed by atoms with E-state index in [1.54, 1.807) is 0 Å². The van der Waals surface area contributed by atoms with Gasteiger partial charge in [-0.15, -0.1) is 0 Å². The van der Waals surface area contributed by atoms with Gasteiger partial charge in [-0.3, -0.25) is 9.59 Å². The van der Waals surface area contributed by atoms with Crippen LogP contribution in [0.4, 0.5) is 0 Å². The number of nitrogens with one attached hydrogen (secondary N) is 1. The number of amides is 1. The number of fused-ring (bicyclic) bond motifs is 2. The maximum Gasteiger partial charge on any atom is 0.310 e. The van der Waals surface area contributed by atoms with E-state index in [1.165, 1.54) is 7.11 Å². The van der Waals surface area contributed by atoms with E-state index in [0.29, 0.717) is 0 Å². The van der Waals surface area contributed by atoms with Crippen LogP contribution in [-0.4, -0.2) is 19.0 Å². The van der Waals surface area contributed by atoms with Gasteiger partial charge in [0.2, 0.25) is 5.91 Å². The fourth-order valence-corrected chi connectivity index (χ4v) is 3.77. The molecule has 2 unspecified atom stereocenters. The molecule has 4 nitrogen and oxygen atoms in total. The molecule has 22 heavy (non-hydrogen) atoms. The van der Waals surface area contributed by atoms with Crippen LogP contribution in [0, 0.1) is 23.7 Å². The first-order chi connectivity index (χ1) is 10.6. The van der Waals surface area contributed by atoms with Crippen LogP contribution < -0.4 is 5.32 Å². The quantitative estimate of drug-likeness (QED) is 0.686. The molecule has 1 N–H and O–H groups in total. The Morgan fingerprint density at radius 3 is 2.41 bits per heavy atom. The van der Waals surface area contributed by atoms with Crippen molar-refractivity contribution < 1.29 is 14.3 Å². The largest absolute Gasteiger partial charge is 0.469 e. The Morgan fingerprint density at radius 2 is 1.77 bits per heavy atom. The SMILES string of the molecule is COC(=O)[C@H]1C2C=CC(C2)[C@@H]1C(=O)N[C@@H](C)c1ccccc1. The molecule has 3 rings (SSSR count). The van der Waals surface area contributed by atoms with Gasteiger partial charge in [0.25, 0.3) is 0 Å². The van der Waals surface area contributed by atoms with Gasteiger partial charge in [-0.25, -0.2) is 0 Å². The summed E-state index contributed by atoms with van der Waals surface area (Å²) in [7, 11) is 1.39. The molecule has 1 aromatic rings. The fourth-order valence-electron chi connectivity index (χ4n) is 3.77. The Kier molecular flexibility index (Phi) is 4.01. The van der Waals surface area contributed by atoms with Gasteiger partial charge < -0.3 is 10.1 Å². The van der Waals surface area contributed by atoms with E-state index in [-0.39, 0.29) is 41.6 Å². The minimum absolute atomic E-state index is 0.0522. The number of methoxy groups -OCH3 is 1. The lowest BCUT2D eigenvalue weighted by molar-refractivity contribution is -0.151. The topological polar surface area (TPSA) is 55.4 Å². The van der Waals surface area contributed by atoms with Crippen LogP contribution in [0.25, 0.3) is 0 Å². The van der Waals surface area contributed by atoms with E-state index >= 15 is 0 Å². The van der Waals surface area contributed by atoms with E-state index in [9.17, 15) is 9.59 Å². The smallest absolute Gasteiger partial charge is 0.310 e. The van der Waals surface area contributed by atoms with Crippen molar-refractivity contribution in [2.24, 2.45) is 23.7 Å². The predicted octanol–water partition coefficient (Wildman–Crippen LogP) is 2.48. The first-order valence-corrected chi connectivity index (χ1v) is 7.73. The van der Waals surface area contributed by atoms with Crippen LogP contribution in [-0.2, 0) is 14.3 Å². The van der Waals surface area contributed by atoms with Crippen molar-refractivity contribution in [3.8, 4) is 0 Å². The number of carbonyl (C=O) groups is 2. The van der Waals surface area contributed by atoms with Gasteiger partial charge in [-0.05, 0) is 30.7 Å². The number of allylic oxidation sites excluding steroid dienone is 2. The first-order valence-electron chi connectivity index (χ1n) is 7.73. The van der Waals surface area contributed by atoms with Gasteiger partial charge in [-0.1, -0.05) is 42.5 Å². The lowest BCUT2D eigenvalue weighted by atomic mass is 9.82. The number of ether oxygens (including phenoxy) is 1. The van der Waals surface area contributed by atoms with Crippen molar-refractivity contribution >= 4 is 11.9 Å². The van der Waals surface area contributed by atoms with Crippen molar-refractivity contribution in [2.75, 3.05) is 7.11 Å². The second-order valence-corrected chi connectivity index (χ2v) is 6.16. The highest BCUT2D eigenvalue weighted by Gasteiger charge is 2.52. The molecule has 0 aromatic heterocycles. The van der Waals surface area contributed by atoms with Crippen molar-refractivity contribution in [3.63, 3.8) is 0 Å². The number of hydrogen-bond donors (Lipinski definition) is 1. The third kappa shape index (κ3) is 2.54. The maximum absolute atomic E-state index is 12.7. The minimum atomic E-state index is -0.344. The minimum Gasteiger partial charge on any atom is -0.469 e. The number of benzene rings is 1. The van der Waals surface area contributed by atoms with Crippen LogP contribution in [0.2, 0.25) is 0 Å². The molecule has 1 aromatic carbocycles. The highest BCUT2D eigenvalue weighted by molar-refractivity contribution is 5.87. The molecule has 2 aliphatic carbocycles. The summed E-state index contributed by atoms with van der Waals surface area (Å²) in [6.45, 7) is 1.96. The van der Waals surface area contributed by atoms with Gasteiger partial charge in [0.05, 0.1) is 25.0 Å². The second kappa shape index (κ2) is 5.95. The third-order valence-corrected chi connectivity index (χ3v) is 4.89. The Labute approximate surface area is 130 Å². The van der Waals surface area contributed by atoms with Crippen molar-refractivity contribution in [1.29, 1.82) is 0 Å². The van der Waals surface area contributed by atoms with Crippen LogP contribution in [0.15, 0.2) is 42.5 Å². The molecule has 1 saturated carbocycles. The second-order valence-electron chi connectivity index (χ2n) is 6.16. The fraction of sp³-hybridized carbons (Fsp3) is 0.444. The summed E-state index contributed by atoms with van der Waals surface area (Å²) in [5, 5.41) is 3.05. The van der Waals surface area contributed by atoms with Crippen molar-refractivity contribution in [3.05, 3.63) is 48.0 Å². The van der Waals surface area contributed by atoms with Crippen LogP contribution in [0.5, 0.6) is 0 Å². The average molecular weight is 299 g/mol. The molecule has 5 atom stereocenters. The number of esters is 1. The normalized spacial score (nSPS) is 30.1. The van der Waals surface area contributed by atoms with Gasteiger partial charge in [0.1, 0.15) is 0 Å². The third-order valence-electron chi connectivity index (χ3n) is 4.89. The summed E-state index contributed by atoms with van der Waals surface area (Å²) in [5.41, 5.74) is 1.06. The number of hydrogen-bond acceptors (Lipinski definition) is 3. The van der Waals surface area contributed by atoms with Crippen LogP contribution >= 0.6 is 0 Å². The summed E-state index contributed by atoms with van der Waals surface area (Å²) in [4.78, 5) is 24.7. The van der Waals surface area contributed by atoms with Gasteiger partial charge >= 0.3 is 5.97 Å². The van der Waals surface area contributed by atoms with Crippen molar-refractivity contribution in [1.82, 2.24) is 5.32 Å². The lowest BCUT2D eigenvalue weighted by Crippen LogP contribution is -2.41. The summed E-state index contributed by atoms with van der Waals surface area (Å²) < 4.78 is 4.90. The zero-order valence-electron chi connectivity index (χ0n) is 12.9. The molecule has 2 aliphatic rings.